The second-order valence-electron chi connectivity index (χ2n) is 2.01. The Hall–Kier alpha value is -1.22. The normalized spacial score (nSPS) is 9.08. The van der Waals surface area contributed by atoms with Gasteiger partial charge < -0.3 is 0 Å². The summed E-state index contributed by atoms with van der Waals surface area (Å²) in [5.74, 6) is -0.749. The summed E-state index contributed by atoms with van der Waals surface area (Å²) in [5, 5.41) is 0.133. The van der Waals surface area contributed by atoms with Crippen molar-refractivity contribution in [2.24, 2.45) is 4.99 Å². The number of aromatic nitrogens is 1. The third-order valence-electron chi connectivity index (χ3n) is 1.16. The summed E-state index contributed by atoms with van der Waals surface area (Å²) >= 11 is 11.0. The molecule has 1 heterocycles. The SMILES string of the molecule is O=C=NC(=O)c1cc(Cl)nc(Cl)c1. The zero-order valence-electron chi connectivity index (χ0n) is 6.12. The van der Waals surface area contributed by atoms with E-state index in [0.29, 0.717) is 0 Å². The fraction of sp³-hybridized carbons (Fsp3) is 0. The van der Waals surface area contributed by atoms with Crippen LogP contribution in [0, 0.1) is 0 Å². The summed E-state index contributed by atoms with van der Waals surface area (Å²) in [4.78, 5) is 27.2. The van der Waals surface area contributed by atoms with E-state index < -0.39 is 5.91 Å². The van der Waals surface area contributed by atoms with Gasteiger partial charge >= 0.3 is 0 Å². The van der Waals surface area contributed by atoms with E-state index in [1.54, 1.807) is 0 Å². The average Bonchev–Trinajstić information content (AvgIpc) is 2.03. The van der Waals surface area contributed by atoms with Gasteiger partial charge in [0.05, 0.1) is 0 Å². The number of hydrogen-bond acceptors (Lipinski definition) is 3. The summed E-state index contributed by atoms with van der Waals surface area (Å²) in [6.45, 7) is 0. The number of carbonyl (C=O) groups is 1. The molecular formula is C7H2Cl2N2O2. The number of nitrogens with zero attached hydrogens (tertiary/aromatic N) is 2. The molecule has 0 aliphatic carbocycles. The first-order chi connectivity index (χ1) is 6.13. The van der Waals surface area contributed by atoms with Gasteiger partial charge in [0.2, 0.25) is 6.08 Å². The van der Waals surface area contributed by atoms with Crippen molar-refractivity contribution < 1.29 is 9.59 Å². The van der Waals surface area contributed by atoms with Gasteiger partial charge in [0.25, 0.3) is 5.91 Å². The van der Waals surface area contributed by atoms with Crippen LogP contribution in [0.5, 0.6) is 0 Å². The van der Waals surface area contributed by atoms with Crippen molar-refractivity contribution in [3.05, 3.63) is 28.0 Å². The van der Waals surface area contributed by atoms with Crippen molar-refractivity contribution in [2.75, 3.05) is 0 Å². The van der Waals surface area contributed by atoms with E-state index >= 15 is 0 Å². The molecule has 1 rings (SSSR count). The molecule has 0 aliphatic rings. The Morgan fingerprint density at radius 2 is 1.92 bits per heavy atom. The molecule has 0 radical (unpaired) electrons. The molecule has 0 fully saturated rings. The van der Waals surface area contributed by atoms with Crippen molar-refractivity contribution in [1.82, 2.24) is 4.98 Å². The summed E-state index contributed by atoms with van der Waals surface area (Å²) in [6.07, 6.45) is 1.12. The van der Waals surface area contributed by atoms with Crippen LogP contribution < -0.4 is 0 Å². The molecule has 66 valence electrons. The Balaban J connectivity index is 3.15. The Bertz CT molecular complexity index is 379. The van der Waals surface area contributed by atoms with Crippen LogP contribution in [-0.2, 0) is 4.79 Å². The van der Waals surface area contributed by atoms with Crippen LogP contribution in [0.4, 0.5) is 0 Å². The fourth-order valence-electron chi connectivity index (χ4n) is 0.694. The molecule has 0 N–H and O–H groups in total. The zero-order valence-corrected chi connectivity index (χ0v) is 7.63. The first-order valence-electron chi connectivity index (χ1n) is 3.09. The quantitative estimate of drug-likeness (QED) is 0.409. The van der Waals surface area contributed by atoms with Gasteiger partial charge in [0.1, 0.15) is 10.3 Å². The number of halogens is 2. The van der Waals surface area contributed by atoms with Gasteiger partial charge in [-0.25, -0.2) is 9.78 Å². The van der Waals surface area contributed by atoms with Gasteiger partial charge in [0, 0.05) is 5.56 Å². The summed E-state index contributed by atoms with van der Waals surface area (Å²) in [5.41, 5.74) is 0.105. The summed E-state index contributed by atoms with van der Waals surface area (Å²) < 4.78 is 0. The van der Waals surface area contributed by atoms with Crippen LogP contribution in [0.1, 0.15) is 10.4 Å². The van der Waals surface area contributed by atoms with E-state index in [2.05, 4.69) is 9.98 Å². The van der Waals surface area contributed by atoms with Crippen molar-refractivity contribution in [3.63, 3.8) is 0 Å². The predicted molar refractivity (Wildman–Crippen MR) is 46.7 cm³/mol. The van der Waals surface area contributed by atoms with E-state index in [1.807, 2.05) is 0 Å². The number of rotatable bonds is 1. The minimum Gasteiger partial charge on any atom is -0.266 e. The minimum atomic E-state index is -0.749. The van der Waals surface area contributed by atoms with E-state index in [-0.39, 0.29) is 15.9 Å². The number of amides is 1. The monoisotopic (exact) mass is 216 g/mol. The maximum absolute atomic E-state index is 11.0. The standard InChI is InChI=1S/C7H2Cl2N2O2/c8-5-1-4(2-6(9)11-5)7(13)10-3-12/h1-2H. The maximum atomic E-state index is 11.0. The predicted octanol–water partition coefficient (Wildman–Crippen LogP) is 1.86. The lowest BCUT2D eigenvalue weighted by molar-refractivity contribution is 0.100. The highest BCUT2D eigenvalue weighted by atomic mass is 35.5. The molecular weight excluding hydrogens is 215 g/mol. The molecule has 4 nitrogen and oxygen atoms in total. The minimum absolute atomic E-state index is 0.0666. The lowest BCUT2D eigenvalue weighted by atomic mass is 10.2. The third kappa shape index (κ3) is 2.63. The highest BCUT2D eigenvalue weighted by molar-refractivity contribution is 6.33. The number of aliphatic imine (C=N–C) groups is 1. The molecule has 0 saturated heterocycles. The Morgan fingerprint density at radius 1 is 1.38 bits per heavy atom. The molecule has 0 spiro atoms. The molecule has 0 aliphatic heterocycles. The van der Waals surface area contributed by atoms with Crippen molar-refractivity contribution in [1.29, 1.82) is 0 Å². The van der Waals surface area contributed by atoms with Crippen LogP contribution in [0.15, 0.2) is 17.1 Å². The number of isocyanates is 1. The van der Waals surface area contributed by atoms with E-state index in [4.69, 9.17) is 23.2 Å². The molecule has 6 heteroatoms. The second-order valence-corrected chi connectivity index (χ2v) is 2.78. The molecule has 0 aromatic carbocycles. The topological polar surface area (TPSA) is 59.4 Å². The van der Waals surface area contributed by atoms with Gasteiger partial charge in [-0.2, -0.15) is 0 Å². The van der Waals surface area contributed by atoms with Gasteiger partial charge in [-0.05, 0) is 12.1 Å². The first-order valence-corrected chi connectivity index (χ1v) is 3.84. The first kappa shape index (κ1) is 9.86. The lowest BCUT2D eigenvalue weighted by Gasteiger charge is -1.95. The van der Waals surface area contributed by atoms with Gasteiger partial charge in [-0.3, -0.25) is 4.79 Å². The highest BCUT2D eigenvalue weighted by Crippen LogP contribution is 2.14. The average molecular weight is 217 g/mol. The van der Waals surface area contributed by atoms with Crippen LogP contribution in [0.2, 0.25) is 10.3 Å². The molecule has 0 atom stereocenters. The van der Waals surface area contributed by atoms with Gasteiger partial charge in [-0.1, -0.05) is 23.2 Å². The van der Waals surface area contributed by atoms with Crippen LogP contribution in [0.25, 0.3) is 0 Å². The lowest BCUT2D eigenvalue weighted by Crippen LogP contribution is -1.95. The number of hydrogen-bond donors (Lipinski definition) is 0. The molecule has 1 aromatic heterocycles. The summed E-state index contributed by atoms with van der Waals surface area (Å²) in [7, 11) is 0. The number of carbonyl (C=O) groups excluding carboxylic acids is 2. The maximum Gasteiger partial charge on any atom is 0.287 e. The molecule has 0 bridgehead atoms. The Kier molecular flexibility index (Phi) is 3.14. The van der Waals surface area contributed by atoms with E-state index in [9.17, 15) is 9.59 Å². The van der Waals surface area contributed by atoms with Crippen LogP contribution in [-0.4, -0.2) is 17.0 Å². The summed E-state index contributed by atoms with van der Waals surface area (Å²) in [6, 6.07) is 2.52. The Labute approximate surface area is 83.2 Å². The fourth-order valence-corrected chi connectivity index (χ4v) is 1.15. The van der Waals surface area contributed by atoms with Crippen molar-refractivity contribution in [3.8, 4) is 0 Å². The number of pyridine rings is 1. The molecule has 0 unspecified atom stereocenters. The third-order valence-corrected chi connectivity index (χ3v) is 1.54. The van der Waals surface area contributed by atoms with Gasteiger partial charge in [-0.15, -0.1) is 4.99 Å². The van der Waals surface area contributed by atoms with Gasteiger partial charge in [0.15, 0.2) is 0 Å². The molecule has 1 aromatic rings. The smallest absolute Gasteiger partial charge is 0.266 e. The second kappa shape index (κ2) is 4.14. The zero-order chi connectivity index (χ0) is 9.84. The van der Waals surface area contributed by atoms with Crippen molar-refractivity contribution >= 4 is 35.2 Å². The largest absolute Gasteiger partial charge is 0.287 e. The van der Waals surface area contributed by atoms with Crippen LogP contribution >= 0.6 is 23.2 Å². The Morgan fingerprint density at radius 3 is 2.38 bits per heavy atom. The molecule has 13 heavy (non-hydrogen) atoms. The molecule has 1 amide bonds. The van der Waals surface area contributed by atoms with E-state index in [0.717, 1.165) is 6.08 Å². The van der Waals surface area contributed by atoms with Crippen LogP contribution in [0.3, 0.4) is 0 Å². The highest BCUT2D eigenvalue weighted by Gasteiger charge is 2.06. The van der Waals surface area contributed by atoms with E-state index in [1.165, 1.54) is 12.1 Å². The molecule has 0 saturated carbocycles. The van der Waals surface area contributed by atoms with Crippen molar-refractivity contribution in [2.45, 2.75) is 0 Å².